The third kappa shape index (κ3) is 5.61. The number of likely N-dealkylation sites (tertiary alicyclic amines) is 1. The summed E-state index contributed by atoms with van der Waals surface area (Å²) in [6.07, 6.45) is 3.56. The van der Waals surface area contributed by atoms with Crippen molar-refractivity contribution in [1.82, 2.24) is 25.1 Å². The monoisotopic (exact) mass is 509 g/mol. The van der Waals surface area contributed by atoms with Gasteiger partial charge in [0.25, 0.3) is 0 Å². The first-order chi connectivity index (χ1) is 18.5. The standard InChI is InChI=1S/C28H31N9O/c1-20-9-14-36(24-17-23(33-34-28(24)30)22-5-2-3-6-25(22)38)15-16-37(20)27-8-11-31-26(32-27)7-4-12-35-13-10-21(18-29)19-35/h2-3,5-6,8,11,17,20-21,38H,9-10,12-16,19H2,1H3,(H2,30,34)/t20-,21+/m0/s1. The summed E-state index contributed by atoms with van der Waals surface area (Å²) in [5, 5.41) is 27.8. The zero-order valence-electron chi connectivity index (χ0n) is 21.5. The number of nitriles is 1. The molecular weight excluding hydrogens is 478 g/mol. The Balaban J connectivity index is 1.29. The Morgan fingerprint density at radius 3 is 2.79 bits per heavy atom. The molecule has 2 fully saturated rings. The number of aromatic nitrogens is 4. The highest BCUT2D eigenvalue weighted by Crippen LogP contribution is 2.32. The first-order valence-corrected chi connectivity index (χ1v) is 12.9. The Hall–Kier alpha value is -4.41. The number of benzene rings is 1. The predicted molar refractivity (Wildman–Crippen MR) is 146 cm³/mol. The molecule has 2 aliphatic rings. The van der Waals surface area contributed by atoms with Crippen LogP contribution in [0.1, 0.15) is 25.6 Å². The van der Waals surface area contributed by atoms with Gasteiger partial charge in [-0.05, 0) is 50.0 Å². The molecule has 0 saturated carbocycles. The fraction of sp³-hybridized carbons (Fsp3) is 0.393. The molecule has 3 N–H and O–H groups in total. The van der Waals surface area contributed by atoms with Gasteiger partial charge >= 0.3 is 0 Å². The molecule has 2 atom stereocenters. The highest BCUT2D eigenvalue weighted by molar-refractivity contribution is 5.74. The van der Waals surface area contributed by atoms with E-state index < -0.39 is 0 Å². The maximum absolute atomic E-state index is 10.3. The van der Waals surface area contributed by atoms with Crippen LogP contribution in [0.15, 0.2) is 42.6 Å². The summed E-state index contributed by atoms with van der Waals surface area (Å²) in [5.74, 6) is 8.24. The van der Waals surface area contributed by atoms with Crippen molar-refractivity contribution in [3.63, 3.8) is 0 Å². The van der Waals surface area contributed by atoms with Crippen LogP contribution >= 0.6 is 0 Å². The van der Waals surface area contributed by atoms with Crippen molar-refractivity contribution in [3.05, 3.63) is 48.4 Å². The van der Waals surface area contributed by atoms with Crippen LogP contribution < -0.4 is 15.5 Å². The summed E-state index contributed by atoms with van der Waals surface area (Å²) < 4.78 is 0. The number of rotatable bonds is 4. The molecule has 38 heavy (non-hydrogen) atoms. The fourth-order valence-corrected chi connectivity index (χ4v) is 4.99. The Labute approximate surface area is 222 Å². The van der Waals surface area contributed by atoms with E-state index in [1.165, 1.54) is 0 Å². The summed E-state index contributed by atoms with van der Waals surface area (Å²) in [7, 11) is 0. The molecule has 2 aliphatic heterocycles. The molecule has 0 spiro atoms. The lowest BCUT2D eigenvalue weighted by Crippen LogP contribution is -2.35. The lowest BCUT2D eigenvalue weighted by molar-refractivity contribution is 0.375. The van der Waals surface area contributed by atoms with Crippen molar-refractivity contribution in [2.45, 2.75) is 25.8 Å². The van der Waals surface area contributed by atoms with E-state index in [9.17, 15) is 5.11 Å². The number of phenolic OH excluding ortho intramolecular Hbond substituents is 1. The molecular formula is C28H31N9O. The molecule has 3 aromatic rings. The normalized spacial score (nSPS) is 19.9. The molecule has 0 bridgehead atoms. The average molecular weight is 510 g/mol. The highest BCUT2D eigenvalue weighted by atomic mass is 16.3. The van der Waals surface area contributed by atoms with E-state index in [4.69, 9.17) is 16.0 Å². The molecule has 2 saturated heterocycles. The van der Waals surface area contributed by atoms with Gasteiger partial charge in [-0.15, -0.1) is 10.2 Å². The van der Waals surface area contributed by atoms with Crippen LogP contribution in [0.4, 0.5) is 17.3 Å². The minimum absolute atomic E-state index is 0.107. The molecule has 10 heteroatoms. The number of nitrogen functional groups attached to an aromatic ring is 1. The molecule has 4 heterocycles. The van der Waals surface area contributed by atoms with Gasteiger partial charge in [0.05, 0.1) is 29.9 Å². The number of hydrogen-bond donors (Lipinski definition) is 2. The molecule has 1 aromatic carbocycles. The Kier molecular flexibility index (Phi) is 7.52. The quantitative estimate of drug-likeness (QED) is 0.506. The van der Waals surface area contributed by atoms with Gasteiger partial charge in [-0.1, -0.05) is 18.1 Å². The van der Waals surface area contributed by atoms with Crippen LogP contribution in [0.5, 0.6) is 5.75 Å². The van der Waals surface area contributed by atoms with Crippen molar-refractivity contribution in [1.29, 1.82) is 5.26 Å². The second-order valence-electron chi connectivity index (χ2n) is 9.73. The van der Waals surface area contributed by atoms with Crippen molar-refractivity contribution >= 4 is 17.3 Å². The second kappa shape index (κ2) is 11.3. The summed E-state index contributed by atoms with van der Waals surface area (Å²) in [5.41, 5.74) is 8.26. The lowest BCUT2D eigenvalue weighted by Gasteiger charge is -2.28. The smallest absolute Gasteiger partial charge is 0.206 e. The number of nitrogens with zero attached hydrogens (tertiary/aromatic N) is 8. The molecule has 0 unspecified atom stereocenters. The van der Waals surface area contributed by atoms with Crippen molar-refractivity contribution < 1.29 is 5.11 Å². The van der Waals surface area contributed by atoms with Crippen LogP contribution in [-0.4, -0.2) is 75.5 Å². The number of hydrogen-bond acceptors (Lipinski definition) is 10. The molecule has 0 radical (unpaired) electrons. The van der Waals surface area contributed by atoms with Gasteiger partial charge in [-0.2, -0.15) is 5.26 Å². The molecule has 10 nitrogen and oxygen atoms in total. The number of aromatic hydroxyl groups is 1. The molecule has 194 valence electrons. The van der Waals surface area contributed by atoms with Crippen molar-refractivity contribution in [3.8, 4) is 34.9 Å². The largest absolute Gasteiger partial charge is 0.507 e. The van der Waals surface area contributed by atoms with Crippen LogP contribution in [0.2, 0.25) is 0 Å². The molecule has 0 amide bonds. The third-order valence-corrected chi connectivity index (χ3v) is 7.17. The van der Waals surface area contributed by atoms with E-state index in [0.717, 1.165) is 57.1 Å². The van der Waals surface area contributed by atoms with E-state index in [1.54, 1.807) is 18.3 Å². The van der Waals surface area contributed by atoms with E-state index in [0.29, 0.717) is 29.4 Å². The minimum atomic E-state index is 0.107. The first kappa shape index (κ1) is 25.2. The minimum Gasteiger partial charge on any atom is -0.507 e. The van der Waals surface area contributed by atoms with Crippen molar-refractivity contribution in [2.75, 3.05) is 54.8 Å². The maximum Gasteiger partial charge on any atom is 0.206 e. The zero-order valence-corrected chi connectivity index (χ0v) is 21.5. The van der Waals surface area contributed by atoms with E-state index >= 15 is 0 Å². The summed E-state index contributed by atoms with van der Waals surface area (Å²) in [6, 6.07) is 13.5. The van der Waals surface area contributed by atoms with Gasteiger partial charge in [0.15, 0.2) is 5.82 Å². The number of phenols is 1. The van der Waals surface area contributed by atoms with Crippen LogP contribution in [-0.2, 0) is 0 Å². The maximum atomic E-state index is 10.3. The van der Waals surface area contributed by atoms with E-state index in [2.05, 4.69) is 54.7 Å². The van der Waals surface area contributed by atoms with Gasteiger partial charge in [0.2, 0.25) is 5.82 Å². The molecule has 2 aromatic heterocycles. The Morgan fingerprint density at radius 1 is 1.11 bits per heavy atom. The number of para-hydroxylation sites is 1. The Bertz CT molecular complexity index is 1390. The van der Waals surface area contributed by atoms with Gasteiger partial charge in [0.1, 0.15) is 11.6 Å². The van der Waals surface area contributed by atoms with Gasteiger partial charge < -0.3 is 20.6 Å². The second-order valence-corrected chi connectivity index (χ2v) is 9.73. The van der Waals surface area contributed by atoms with Gasteiger partial charge in [-0.25, -0.2) is 9.97 Å². The lowest BCUT2D eigenvalue weighted by atomic mass is 10.1. The molecule has 0 aliphatic carbocycles. The average Bonchev–Trinajstić information content (AvgIpc) is 3.31. The SMILES string of the molecule is C[C@H]1CCN(c2cc(-c3ccccc3O)nnc2N)CCN1c1ccnc(C#CCN2CC[C@H](C#N)C2)n1. The van der Waals surface area contributed by atoms with Gasteiger partial charge in [-0.3, -0.25) is 4.90 Å². The van der Waals surface area contributed by atoms with Crippen molar-refractivity contribution in [2.24, 2.45) is 5.92 Å². The van der Waals surface area contributed by atoms with Crippen LogP contribution in [0.25, 0.3) is 11.3 Å². The van der Waals surface area contributed by atoms with Crippen LogP contribution in [0.3, 0.4) is 0 Å². The summed E-state index contributed by atoms with van der Waals surface area (Å²) in [4.78, 5) is 15.8. The predicted octanol–water partition coefficient (Wildman–Crippen LogP) is 2.52. The highest BCUT2D eigenvalue weighted by Gasteiger charge is 2.25. The van der Waals surface area contributed by atoms with E-state index in [1.807, 2.05) is 24.3 Å². The zero-order chi connectivity index (χ0) is 26.5. The topological polar surface area (TPSA) is 131 Å². The van der Waals surface area contributed by atoms with Gasteiger partial charge in [0, 0.05) is 50.5 Å². The third-order valence-electron chi connectivity index (χ3n) is 7.17. The summed E-state index contributed by atoms with van der Waals surface area (Å²) >= 11 is 0. The summed E-state index contributed by atoms with van der Waals surface area (Å²) in [6.45, 7) is 6.75. The van der Waals surface area contributed by atoms with E-state index in [-0.39, 0.29) is 17.7 Å². The number of anilines is 3. The fourth-order valence-electron chi connectivity index (χ4n) is 4.99. The Morgan fingerprint density at radius 2 is 1.97 bits per heavy atom. The number of nitrogens with two attached hydrogens (primary N) is 1. The molecule has 5 rings (SSSR count). The van der Waals surface area contributed by atoms with Crippen LogP contribution in [0, 0.1) is 29.1 Å². The first-order valence-electron chi connectivity index (χ1n) is 12.9.